The summed E-state index contributed by atoms with van der Waals surface area (Å²) in [6.07, 6.45) is 9.60. The zero-order chi connectivity index (χ0) is 37.1. The molecule has 6 aromatic heterocycles. The SMILES string of the molecule is Clc1cnc2nc(Nc3ccccc3)ncc2c1.Clc1cnc2nc(Nc3ccccc3)ncc2c1.Clc1cnc2nc(Nc3ccccc3)ncc2n1. The summed E-state index contributed by atoms with van der Waals surface area (Å²) in [6, 6.07) is 32.7. The highest BCUT2D eigenvalue weighted by Gasteiger charge is 2.05. The van der Waals surface area contributed by atoms with Crippen molar-refractivity contribution in [1.29, 1.82) is 0 Å². The second-order valence-corrected chi connectivity index (χ2v) is 12.3. The van der Waals surface area contributed by atoms with E-state index in [9.17, 15) is 0 Å². The van der Waals surface area contributed by atoms with E-state index in [-0.39, 0.29) is 0 Å². The molecule has 0 fully saturated rings. The second kappa shape index (κ2) is 17.2. The molecule has 0 aliphatic carbocycles. The van der Waals surface area contributed by atoms with Crippen LogP contribution >= 0.6 is 34.8 Å². The van der Waals surface area contributed by atoms with Gasteiger partial charge >= 0.3 is 0 Å². The largest absolute Gasteiger partial charge is 0.324 e. The van der Waals surface area contributed by atoms with Crippen molar-refractivity contribution >= 4 is 103 Å². The van der Waals surface area contributed by atoms with Crippen molar-refractivity contribution in [1.82, 2.24) is 49.8 Å². The number of para-hydroxylation sites is 3. The molecule has 264 valence electrons. The maximum atomic E-state index is 5.85. The van der Waals surface area contributed by atoms with Gasteiger partial charge < -0.3 is 16.0 Å². The fourth-order valence-electron chi connectivity index (χ4n) is 4.72. The van der Waals surface area contributed by atoms with Crippen LogP contribution in [0.1, 0.15) is 0 Å². The molecule has 0 radical (unpaired) electrons. The Balaban J connectivity index is 0.000000125. The van der Waals surface area contributed by atoms with Gasteiger partial charge in [-0.1, -0.05) is 89.4 Å². The van der Waals surface area contributed by atoms with Crippen molar-refractivity contribution in [2.75, 3.05) is 16.0 Å². The molecule has 0 amide bonds. The molecule has 0 bridgehead atoms. The van der Waals surface area contributed by atoms with Crippen molar-refractivity contribution in [3.05, 3.63) is 156 Å². The van der Waals surface area contributed by atoms with Crippen LogP contribution in [-0.2, 0) is 0 Å². The van der Waals surface area contributed by atoms with Crippen molar-refractivity contribution in [3.63, 3.8) is 0 Å². The number of anilines is 6. The summed E-state index contributed by atoms with van der Waals surface area (Å²) >= 11 is 17.5. The van der Waals surface area contributed by atoms with E-state index < -0.39 is 0 Å². The quantitative estimate of drug-likeness (QED) is 0.146. The number of hydrogen-bond donors (Lipinski definition) is 3. The molecule has 13 nitrogen and oxygen atoms in total. The number of hydrogen-bond acceptors (Lipinski definition) is 13. The van der Waals surface area contributed by atoms with Crippen molar-refractivity contribution < 1.29 is 0 Å². The van der Waals surface area contributed by atoms with E-state index in [0.29, 0.717) is 55.5 Å². The molecule has 0 atom stereocenters. The lowest BCUT2D eigenvalue weighted by Gasteiger charge is -2.04. The summed E-state index contributed by atoms with van der Waals surface area (Å²) in [7, 11) is 0. The van der Waals surface area contributed by atoms with Gasteiger partial charge in [0.2, 0.25) is 17.8 Å². The number of nitrogens with zero attached hydrogens (tertiary/aromatic N) is 10. The number of benzene rings is 3. The van der Waals surface area contributed by atoms with Crippen LogP contribution in [0.25, 0.3) is 33.2 Å². The molecule has 9 aromatic rings. The molecule has 16 heteroatoms. The lowest BCUT2D eigenvalue weighted by molar-refractivity contribution is 1.15. The summed E-state index contributed by atoms with van der Waals surface area (Å²) in [6.45, 7) is 0. The highest BCUT2D eigenvalue weighted by atomic mass is 35.5. The Hall–Kier alpha value is -6.67. The first-order valence-corrected chi connectivity index (χ1v) is 17.2. The third-order valence-corrected chi connectivity index (χ3v) is 7.75. The minimum absolute atomic E-state index is 0.329. The van der Waals surface area contributed by atoms with E-state index in [4.69, 9.17) is 34.8 Å². The Morgan fingerprint density at radius 2 is 0.759 bits per heavy atom. The summed E-state index contributed by atoms with van der Waals surface area (Å²) in [5.41, 5.74) is 5.10. The van der Waals surface area contributed by atoms with Crippen LogP contribution in [0.4, 0.5) is 34.9 Å². The summed E-state index contributed by atoms with van der Waals surface area (Å²) in [5, 5.41) is 12.4. The van der Waals surface area contributed by atoms with Crippen LogP contribution in [-0.4, -0.2) is 49.8 Å². The van der Waals surface area contributed by atoms with Gasteiger partial charge in [0.25, 0.3) is 0 Å². The summed E-state index contributed by atoms with van der Waals surface area (Å²) < 4.78 is 0. The molecular weight excluding hydrogens is 745 g/mol. The van der Waals surface area contributed by atoms with Gasteiger partial charge in [0.15, 0.2) is 16.9 Å². The second-order valence-electron chi connectivity index (χ2n) is 11.1. The number of halogens is 3. The number of fused-ring (bicyclic) bond motifs is 3. The fraction of sp³-hybridized carbons (Fsp3) is 0. The maximum Gasteiger partial charge on any atom is 0.229 e. The average Bonchev–Trinajstić information content (AvgIpc) is 3.20. The minimum atomic E-state index is 0.329. The smallest absolute Gasteiger partial charge is 0.229 e. The molecule has 3 N–H and O–H groups in total. The molecule has 6 heterocycles. The minimum Gasteiger partial charge on any atom is -0.324 e. The normalized spacial score (nSPS) is 10.5. The number of rotatable bonds is 6. The van der Waals surface area contributed by atoms with Gasteiger partial charge in [-0.25, -0.2) is 34.9 Å². The van der Waals surface area contributed by atoms with E-state index in [1.165, 1.54) is 6.20 Å². The van der Waals surface area contributed by atoms with E-state index in [1.807, 2.05) is 91.0 Å². The number of nitrogens with one attached hydrogen (secondary N) is 3. The number of pyridine rings is 2. The zero-order valence-corrected chi connectivity index (χ0v) is 30.2. The van der Waals surface area contributed by atoms with Gasteiger partial charge in [-0.05, 0) is 48.5 Å². The van der Waals surface area contributed by atoms with E-state index in [1.54, 1.807) is 43.1 Å². The maximum absolute atomic E-state index is 5.85. The Morgan fingerprint density at radius 1 is 0.370 bits per heavy atom. The van der Waals surface area contributed by atoms with Crippen LogP contribution in [0.5, 0.6) is 0 Å². The van der Waals surface area contributed by atoms with Gasteiger partial charge in [0, 0.05) is 52.6 Å². The number of aromatic nitrogens is 10. The fourth-order valence-corrected chi connectivity index (χ4v) is 5.20. The van der Waals surface area contributed by atoms with E-state index in [0.717, 1.165) is 27.8 Å². The van der Waals surface area contributed by atoms with Gasteiger partial charge in [-0.15, -0.1) is 0 Å². The Morgan fingerprint density at radius 3 is 1.20 bits per heavy atom. The zero-order valence-electron chi connectivity index (χ0n) is 27.9. The highest BCUT2D eigenvalue weighted by Crippen LogP contribution is 2.20. The summed E-state index contributed by atoms with van der Waals surface area (Å²) in [4.78, 5) is 42.0. The Kier molecular flexibility index (Phi) is 11.4. The van der Waals surface area contributed by atoms with E-state index in [2.05, 4.69) is 65.8 Å². The molecule has 0 saturated carbocycles. The first-order valence-electron chi connectivity index (χ1n) is 16.1. The lowest BCUT2D eigenvalue weighted by atomic mass is 10.3. The monoisotopic (exact) mass is 769 g/mol. The van der Waals surface area contributed by atoms with Gasteiger partial charge in [-0.3, -0.25) is 0 Å². The Labute approximate surface area is 323 Å². The predicted octanol–water partition coefficient (Wildman–Crippen LogP) is 9.66. The van der Waals surface area contributed by atoms with Crippen LogP contribution in [0, 0.1) is 0 Å². The lowest BCUT2D eigenvalue weighted by Crippen LogP contribution is -1.98. The highest BCUT2D eigenvalue weighted by molar-refractivity contribution is 6.31. The topological polar surface area (TPSA) is 165 Å². The molecule has 0 aliphatic rings. The van der Waals surface area contributed by atoms with Crippen LogP contribution in [0.2, 0.25) is 15.2 Å². The molecule has 0 aliphatic heterocycles. The van der Waals surface area contributed by atoms with Crippen molar-refractivity contribution in [2.45, 2.75) is 0 Å². The van der Waals surface area contributed by atoms with Crippen molar-refractivity contribution in [3.8, 4) is 0 Å². The molecule has 3 aromatic carbocycles. The molecular formula is C38H26Cl3N13. The standard InChI is InChI=1S/2C13H9ClN4.C12H8ClN5/c2*14-10-6-9-7-16-13(18-12(9)15-8-10)17-11-4-2-1-3-5-11;13-10-7-14-11-9(17-10)6-15-12(18-11)16-8-4-2-1-3-5-8/h2*1-8H,(H,15,16,17,18);1-7H,(H,14,15,16,18). The van der Waals surface area contributed by atoms with Crippen LogP contribution < -0.4 is 16.0 Å². The van der Waals surface area contributed by atoms with Crippen LogP contribution in [0.15, 0.2) is 140 Å². The summed E-state index contributed by atoms with van der Waals surface area (Å²) in [5.74, 6) is 1.51. The first-order chi connectivity index (χ1) is 26.4. The van der Waals surface area contributed by atoms with Gasteiger partial charge in [0.1, 0.15) is 10.7 Å². The molecule has 0 saturated heterocycles. The molecule has 0 spiro atoms. The third kappa shape index (κ3) is 9.80. The molecule has 0 unspecified atom stereocenters. The van der Waals surface area contributed by atoms with Gasteiger partial charge in [-0.2, -0.15) is 15.0 Å². The van der Waals surface area contributed by atoms with Crippen molar-refractivity contribution in [2.24, 2.45) is 0 Å². The van der Waals surface area contributed by atoms with Crippen LogP contribution in [0.3, 0.4) is 0 Å². The molecule has 9 rings (SSSR count). The molecule has 54 heavy (non-hydrogen) atoms. The third-order valence-electron chi connectivity index (χ3n) is 7.16. The first kappa shape index (κ1) is 35.7. The average molecular weight is 771 g/mol. The predicted molar refractivity (Wildman–Crippen MR) is 214 cm³/mol. The van der Waals surface area contributed by atoms with E-state index >= 15 is 0 Å². The Bertz CT molecular complexity index is 2350. The van der Waals surface area contributed by atoms with Gasteiger partial charge in [0.05, 0.1) is 22.4 Å².